The highest BCUT2D eigenvalue weighted by molar-refractivity contribution is 5.27. The summed E-state index contributed by atoms with van der Waals surface area (Å²) < 4.78 is 5.62. The highest BCUT2D eigenvalue weighted by Gasteiger charge is 1.99. The molecule has 0 aliphatic rings. The van der Waals surface area contributed by atoms with Crippen LogP contribution in [0.2, 0.25) is 0 Å². The average molecular weight is 279 g/mol. The minimum Gasteiger partial charge on any atom is -0.494 e. The fourth-order valence-electron chi connectivity index (χ4n) is 1.65. The van der Waals surface area contributed by atoms with Gasteiger partial charge >= 0.3 is 0 Å². The van der Waals surface area contributed by atoms with Crippen molar-refractivity contribution in [1.29, 1.82) is 0 Å². The quantitative estimate of drug-likeness (QED) is 0.411. The first kappa shape index (κ1) is 15.8. The topological polar surface area (TPSA) is 76.4 Å². The predicted molar refractivity (Wildman–Crippen MR) is 78.0 cm³/mol. The standard InChI is InChI=1S/C14H21N3O3/c1-12-6-5-7-13(10-12)20-9-4-3-8-16-14(15-2)11-17(18)19/h5-7,10-11,15-16H,3-4,8-9H2,1-2H3. The highest BCUT2D eigenvalue weighted by atomic mass is 16.6. The monoisotopic (exact) mass is 279 g/mol. The number of ether oxygens (including phenoxy) is 1. The summed E-state index contributed by atoms with van der Waals surface area (Å²) in [4.78, 5) is 9.83. The van der Waals surface area contributed by atoms with Gasteiger partial charge in [0, 0.05) is 13.6 Å². The second-order valence-corrected chi connectivity index (χ2v) is 4.38. The Morgan fingerprint density at radius 2 is 2.25 bits per heavy atom. The van der Waals surface area contributed by atoms with Crippen LogP contribution in [0.15, 0.2) is 36.3 Å². The van der Waals surface area contributed by atoms with E-state index in [2.05, 4.69) is 10.6 Å². The van der Waals surface area contributed by atoms with Gasteiger partial charge in [-0.1, -0.05) is 12.1 Å². The molecule has 0 fully saturated rings. The average Bonchev–Trinajstić information content (AvgIpc) is 2.41. The number of benzene rings is 1. The van der Waals surface area contributed by atoms with E-state index >= 15 is 0 Å². The summed E-state index contributed by atoms with van der Waals surface area (Å²) in [6.45, 7) is 3.33. The molecule has 1 aromatic carbocycles. The number of nitrogens with one attached hydrogen (secondary N) is 2. The maximum absolute atomic E-state index is 10.3. The third-order valence-electron chi connectivity index (χ3n) is 2.65. The zero-order chi connectivity index (χ0) is 14.8. The molecule has 0 spiro atoms. The summed E-state index contributed by atoms with van der Waals surface area (Å²) >= 11 is 0. The maximum atomic E-state index is 10.3. The molecule has 6 nitrogen and oxygen atoms in total. The summed E-state index contributed by atoms with van der Waals surface area (Å²) in [5.41, 5.74) is 1.17. The molecule has 0 aliphatic heterocycles. The first-order valence-corrected chi connectivity index (χ1v) is 6.58. The Bertz CT molecular complexity index is 461. The summed E-state index contributed by atoms with van der Waals surface area (Å²) in [6, 6.07) is 7.92. The van der Waals surface area contributed by atoms with Crippen LogP contribution >= 0.6 is 0 Å². The van der Waals surface area contributed by atoms with Crippen molar-refractivity contribution in [3.8, 4) is 5.75 Å². The lowest BCUT2D eigenvalue weighted by Gasteiger charge is -2.09. The normalized spacial score (nSPS) is 11.0. The van der Waals surface area contributed by atoms with Gasteiger partial charge in [-0.25, -0.2) is 0 Å². The molecule has 1 aromatic rings. The van der Waals surface area contributed by atoms with E-state index in [0.717, 1.165) is 24.8 Å². The SMILES string of the molecule is CNC(=C[N+](=O)[O-])NCCCCOc1cccc(C)c1. The van der Waals surface area contributed by atoms with Crippen LogP contribution in [-0.4, -0.2) is 25.1 Å². The van der Waals surface area contributed by atoms with E-state index in [9.17, 15) is 10.1 Å². The van der Waals surface area contributed by atoms with Crippen molar-refractivity contribution >= 4 is 0 Å². The van der Waals surface area contributed by atoms with E-state index in [4.69, 9.17) is 4.74 Å². The second kappa shape index (κ2) is 8.79. The minimum atomic E-state index is -0.486. The predicted octanol–water partition coefficient (Wildman–Crippen LogP) is 2.04. The van der Waals surface area contributed by atoms with Gasteiger partial charge in [0.15, 0.2) is 5.82 Å². The molecule has 0 saturated heterocycles. The lowest BCUT2D eigenvalue weighted by atomic mass is 10.2. The smallest absolute Gasteiger partial charge is 0.274 e. The maximum Gasteiger partial charge on any atom is 0.274 e. The third-order valence-corrected chi connectivity index (χ3v) is 2.65. The zero-order valence-corrected chi connectivity index (χ0v) is 11.9. The number of hydrogen-bond donors (Lipinski definition) is 2. The van der Waals surface area contributed by atoms with Gasteiger partial charge in [0.2, 0.25) is 0 Å². The van der Waals surface area contributed by atoms with Crippen molar-refractivity contribution in [1.82, 2.24) is 10.6 Å². The number of hydrogen-bond acceptors (Lipinski definition) is 5. The van der Waals surface area contributed by atoms with Crippen LogP contribution in [0.25, 0.3) is 0 Å². The van der Waals surface area contributed by atoms with Gasteiger partial charge in [0.1, 0.15) is 5.75 Å². The molecule has 0 aromatic heterocycles. The van der Waals surface area contributed by atoms with Crippen LogP contribution in [0.3, 0.4) is 0 Å². The van der Waals surface area contributed by atoms with Gasteiger partial charge in [-0.05, 0) is 37.5 Å². The van der Waals surface area contributed by atoms with E-state index in [1.165, 1.54) is 5.56 Å². The Kier molecular flexibility index (Phi) is 6.95. The molecule has 2 N–H and O–H groups in total. The fourth-order valence-corrected chi connectivity index (χ4v) is 1.65. The second-order valence-electron chi connectivity index (χ2n) is 4.38. The molecule has 1 rings (SSSR count). The van der Waals surface area contributed by atoms with E-state index in [-0.39, 0.29) is 0 Å². The Morgan fingerprint density at radius 1 is 1.45 bits per heavy atom. The van der Waals surface area contributed by atoms with Gasteiger partial charge in [0.05, 0.1) is 11.5 Å². The molecule has 20 heavy (non-hydrogen) atoms. The number of nitro groups is 1. The van der Waals surface area contributed by atoms with E-state index in [1.807, 2.05) is 31.2 Å². The van der Waals surface area contributed by atoms with E-state index < -0.39 is 4.92 Å². The molecular formula is C14H21N3O3. The Hall–Kier alpha value is -2.24. The van der Waals surface area contributed by atoms with Crippen LogP contribution < -0.4 is 15.4 Å². The number of aryl methyl sites for hydroxylation is 1. The van der Waals surface area contributed by atoms with Crippen LogP contribution in [0, 0.1) is 17.0 Å². The van der Waals surface area contributed by atoms with Crippen molar-refractivity contribution < 1.29 is 9.66 Å². The largest absolute Gasteiger partial charge is 0.494 e. The Balaban J connectivity index is 2.15. The first-order chi connectivity index (χ1) is 9.61. The molecule has 0 aliphatic carbocycles. The minimum absolute atomic E-state index is 0.412. The molecule has 0 radical (unpaired) electrons. The van der Waals surface area contributed by atoms with Gasteiger partial charge in [-0.15, -0.1) is 0 Å². The summed E-state index contributed by atoms with van der Waals surface area (Å²) in [5, 5.41) is 16.0. The van der Waals surface area contributed by atoms with Crippen LogP contribution in [0.5, 0.6) is 5.75 Å². The van der Waals surface area contributed by atoms with Gasteiger partial charge < -0.3 is 15.4 Å². The summed E-state index contributed by atoms with van der Waals surface area (Å²) in [6.07, 6.45) is 2.68. The molecular weight excluding hydrogens is 258 g/mol. The van der Waals surface area contributed by atoms with E-state index in [0.29, 0.717) is 19.0 Å². The van der Waals surface area contributed by atoms with Gasteiger partial charge in [-0.3, -0.25) is 10.1 Å². The van der Waals surface area contributed by atoms with E-state index in [1.54, 1.807) is 7.05 Å². The number of nitrogens with zero attached hydrogens (tertiary/aromatic N) is 1. The molecule has 0 amide bonds. The Morgan fingerprint density at radius 3 is 2.90 bits per heavy atom. The molecule has 0 saturated carbocycles. The fraction of sp³-hybridized carbons (Fsp3) is 0.429. The van der Waals surface area contributed by atoms with Crippen LogP contribution in [-0.2, 0) is 0 Å². The van der Waals surface area contributed by atoms with Crippen molar-refractivity contribution in [2.24, 2.45) is 0 Å². The van der Waals surface area contributed by atoms with Crippen LogP contribution in [0.4, 0.5) is 0 Å². The van der Waals surface area contributed by atoms with Crippen molar-refractivity contribution in [2.75, 3.05) is 20.2 Å². The lowest BCUT2D eigenvalue weighted by molar-refractivity contribution is -0.404. The van der Waals surface area contributed by atoms with Crippen molar-refractivity contribution in [3.05, 3.63) is 52.0 Å². The molecule has 0 heterocycles. The summed E-state index contributed by atoms with van der Waals surface area (Å²) in [7, 11) is 1.64. The summed E-state index contributed by atoms with van der Waals surface area (Å²) in [5.74, 6) is 1.29. The molecule has 0 atom stereocenters. The van der Waals surface area contributed by atoms with Crippen LogP contribution in [0.1, 0.15) is 18.4 Å². The third kappa shape index (κ3) is 6.63. The van der Waals surface area contributed by atoms with Gasteiger partial charge in [0.25, 0.3) is 6.20 Å². The molecule has 6 heteroatoms. The van der Waals surface area contributed by atoms with Crippen molar-refractivity contribution in [3.63, 3.8) is 0 Å². The first-order valence-electron chi connectivity index (χ1n) is 6.58. The highest BCUT2D eigenvalue weighted by Crippen LogP contribution is 2.12. The Labute approximate surface area is 119 Å². The number of rotatable bonds is 9. The van der Waals surface area contributed by atoms with Gasteiger partial charge in [-0.2, -0.15) is 0 Å². The number of unbranched alkanes of at least 4 members (excludes halogenated alkanes) is 1. The zero-order valence-electron chi connectivity index (χ0n) is 11.9. The van der Waals surface area contributed by atoms with Crippen molar-refractivity contribution in [2.45, 2.75) is 19.8 Å². The molecule has 0 bridgehead atoms. The lowest BCUT2D eigenvalue weighted by Crippen LogP contribution is -2.25. The molecule has 110 valence electrons. The molecule has 0 unspecified atom stereocenters.